The zero-order chi connectivity index (χ0) is 29.1. The molecule has 12 heteroatoms. The van der Waals surface area contributed by atoms with Crippen LogP contribution < -0.4 is 4.74 Å². The van der Waals surface area contributed by atoms with Gasteiger partial charge in [0.15, 0.2) is 0 Å². The average molecular weight is 581 g/mol. The molecule has 3 rings (SSSR count). The molecule has 3 aromatic rings. The van der Waals surface area contributed by atoms with E-state index in [4.69, 9.17) is 4.74 Å². The van der Waals surface area contributed by atoms with Gasteiger partial charge in [-0.2, -0.15) is 35.1 Å². The van der Waals surface area contributed by atoms with Crippen LogP contribution >= 0.6 is 11.3 Å². The van der Waals surface area contributed by atoms with E-state index in [2.05, 4.69) is 11.3 Å². The predicted molar refractivity (Wildman–Crippen MR) is 132 cm³/mol. The van der Waals surface area contributed by atoms with Crippen LogP contribution in [-0.4, -0.2) is 42.9 Å². The molecule has 0 N–H and O–H groups in total. The minimum absolute atomic E-state index is 0.0138. The Labute approximate surface area is 223 Å². The highest BCUT2D eigenvalue weighted by Gasteiger charge is 2.79. The molecule has 0 unspecified atom stereocenters. The van der Waals surface area contributed by atoms with Gasteiger partial charge in [-0.3, -0.25) is 0 Å². The molecule has 0 saturated carbocycles. The van der Waals surface area contributed by atoms with Crippen LogP contribution in [0.4, 0.5) is 35.1 Å². The zero-order valence-corrected chi connectivity index (χ0v) is 21.4. The first-order valence-corrected chi connectivity index (χ1v) is 12.5. The third kappa shape index (κ3) is 6.21. The number of thiophene rings is 1. The van der Waals surface area contributed by atoms with Gasteiger partial charge < -0.3 is 9.47 Å². The highest BCUT2D eigenvalue weighted by atomic mass is 32.1. The first kappa shape index (κ1) is 30.4. The summed E-state index contributed by atoms with van der Waals surface area (Å²) in [6.45, 7) is 2.39. The molecule has 1 heterocycles. The lowest BCUT2D eigenvalue weighted by molar-refractivity contribution is -0.368. The van der Waals surface area contributed by atoms with E-state index in [0.29, 0.717) is 10.8 Å². The highest BCUT2D eigenvalue weighted by Crippen LogP contribution is 2.54. The molecule has 0 fully saturated rings. The molecule has 0 amide bonds. The van der Waals surface area contributed by atoms with E-state index in [1.54, 1.807) is 6.07 Å². The number of benzene rings is 2. The fraction of sp³-hybridized carbons (Fsp3) is 0.370. The number of halogens is 8. The van der Waals surface area contributed by atoms with Crippen LogP contribution in [0.25, 0.3) is 20.5 Å². The van der Waals surface area contributed by atoms with Crippen molar-refractivity contribution in [1.29, 1.82) is 0 Å². The van der Waals surface area contributed by atoms with Gasteiger partial charge >= 0.3 is 29.7 Å². The number of esters is 1. The summed E-state index contributed by atoms with van der Waals surface area (Å²) in [6.07, 6.45) is -2.74. The van der Waals surface area contributed by atoms with E-state index in [-0.39, 0.29) is 5.75 Å². The molecule has 0 aliphatic rings. The SMILES string of the molecule is C=CC(=O)OCCC(F)(F)C(F)(F)C(F)(F)C(F)(F)CCOc1ccc2cc(-c3ccccc3CC)sc2c1. The summed E-state index contributed by atoms with van der Waals surface area (Å²) in [5.41, 5.74) is 2.13. The van der Waals surface area contributed by atoms with Crippen LogP contribution in [0.5, 0.6) is 5.75 Å². The van der Waals surface area contributed by atoms with Crippen LogP contribution in [-0.2, 0) is 16.0 Å². The summed E-state index contributed by atoms with van der Waals surface area (Å²) in [4.78, 5) is 11.8. The Kier molecular flexibility index (Phi) is 8.99. The van der Waals surface area contributed by atoms with Crippen molar-refractivity contribution in [2.75, 3.05) is 13.2 Å². The third-order valence-electron chi connectivity index (χ3n) is 5.98. The fourth-order valence-corrected chi connectivity index (χ4v) is 4.86. The number of ether oxygens (including phenoxy) is 2. The van der Waals surface area contributed by atoms with E-state index in [1.807, 2.05) is 37.3 Å². The topological polar surface area (TPSA) is 35.5 Å². The second-order valence-electron chi connectivity index (χ2n) is 8.60. The monoisotopic (exact) mass is 580 g/mol. The molecule has 0 radical (unpaired) electrons. The van der Waals surface area contributed by atoms with Crippen LogP contribution in [0.2, 0.25) is 0 Å². The Morgan fingerprint density at radius 2 is 1.51 bits per heavy atom. The fourth-order valence-electron chi connectivity index (χ4n) is 3.71. The minimum atomic E-state index is -6.45. The van der Waals surface area contributed by atoms with Gasteiger partial charge in [0.05, 0.1) is 26.1 Å². The average Bonchev–Trinajstić information content (AvgIpc) is 3.31. The van der Waals surface area contributed by atoms with Gasteiger partial charge in [0, 0.05) is 15.7 Å². The number of aryl methyl sites for hydroxylation is 1. The molecule has 0 aliphatic carbocycles. The third-order valence-corrected chi connectivity index (χ3v) is 7.11. The van der Waals surface area contributed by atoms with E-state index >= 15 is 0 Å². The van der Waals surface area contributed by atoms with Crippen LogP contribution in [0.15, 0.2) is 61.2 Å². The van der Waals surface area contributed by atoms with E-state index < -0.39 is 55.7 Å². The summed E-state index contributed by atoms with van der Waals surface area (Å²) in [7, 11) is 0. The molecule has 2 aromatic carbocycles. The Bertz CT molecular complexity index is 1320. The quantitative estimate of drug-likeness (QED) is 0.115. The summed E-state index contributed by atoms with van der Waals surface area (Å²) >= 11 is 1.39. The number of rotatable bonds is 13. The van der Waals surface area contributed by atoms with Crippen molar-refractivity contribution >= 4 is 27.4 Å². The smallest absolute Gasteiger partial charge is 0.378 e. The molecular formula is C27H24F8O3S. The van der Waals surface area contributed by atoms with Crippen LogP contribution in [0, 0.1) is 0 Å². The Morgan fingerprint density at radius 1 is 0.897 bits per heavy atom. The van der Waals surface area contributed by atoms with Gasteiger partial charge in [-0.15, -0.1) is 11.3 Å². The van der Waals surface area contributed by atoms with E-state index in [0.717, 1.165) is 27.8 Å². The summed E-state index contributed by atoms with van der Waals surface area (Å²) in [6, 6.07) is 14.2. The van der Waals surface area contributed by atoms with Crippen molar-refractivity contribution < 1.29 is 49.4 Å². The zero-order valence-electron chi connectivity index (χ0n) is 20.6. The van der Waals surface area contributed by atoms with Crippen LogP contribution in [0.3, 0.4) is 0 Å². The molecule has 0 spiro atoms. The van der Waals surface area contributed by atoms with Gasteiger partial charge in [0.25, 0.3) is 0 Å². The number of hydrogen-bond donors (Lipinski definition) is 0. The minimum Gasteiger partial charge on any atom is -0.493 e. The molecule has 1 aromatic heterocycles. The summed E-state index contributed by atoms with van der Waals surface area (Å²) in [5.74, 6) is -25.3. The molecule has 212 valence electrons. The van der Waals surface area contributed by atoms with Crippen molar-refractivity contribution in [3.63, 3.8) is 0 Å². The lowest BCUT2D eigenvalue weighted by Gasteiger charge is -2.36. The highest BCUT2D eigenvalue weighted by molar-refractivity contribution is 7.22. The van der Waals surface area contributed by atoms with Gasteiger partial charge in [0.1, 0.15) is 5.75 Å². The first-order valence-electron chi connectivity index (χ1n) is 11.7. The molecular weight excluding hydrogens is 556 g/mol. The number of carbonyl (C=O) groups is 1. The maximum atomic E-state index is 14.2. The first-order chi connectivity index (χ1) is 18.2. The van der Waals surface area contributed by atoms with Crippen molar-refractivity contribution in [2.24, 2.45) is 0 Å². The maximum Gasteiger partial charge on any atom is 0.378 e. The van der Waals surface area contributed by atoms with Crippen molar-refractivity contribution in [3.8, 4) is 16.2 Å². The Hall–Kier alpha value is -3.15. The largest absolute Gasteiger partial charge is 0.493 e. The van der Waals surface area contributed by atoms with E-state index in [1.165, 1.54) is 23.5 Å². The summed E-state index contributed by atoms with van der Waals surface area (Å²) in [5, 5.41) is 0.811. The lowest BCUT2D eigenvalue weighted by atomic mass is 9.95. The maximum absolute atomic E-state index is 14.2. The van der Waals surface area contributed by atoms with Gasteiger partial charge in [-0.25, -0.2) is 4.79 Å². The normalized spacial score (nSPS) is 12.9. The van der Waals surface area contributed by atoms with Gasteiger partial charge in [0.2, 0.25) is 0 Å². The molecule has 0 saturated heterocycles. The number of carbonyl (C=O) groups excluding carboxylic acids is 1. The second-order valence-corrected chi connectivity index (χ2v) is 9.68. The number of hydrogen-bond acceptors (Lipinski definition) is 4. The van der Waals surface area contributed by atoms with Gasteiger partial charge in [-0.1, -0.05) is 37.8 Å². The molecule has 0 bridgehead atoms. The molecule has 0 aliphatic heterocycles. The van der Waals surface area contributed by atoms with Gasteiger partial charge in [-0.05, 0) is 47.2 Å². The second kappa shape index (κ2) is 11.5. The van der Waals surface area contributed by atoms with E-state index in [9.17, 15) is 39.9 Å². The molecule has 0 atom stereocenters. The van der Waals surface area contributed by atoms with Crippen molar-refractivity contribution in [1.82, 2.24) is 0 Å². The molecule has 39 heavy (non-hydrogen) atoms. The number of alkyl halides is 8. The van der Waals surface area contributed by atoms with Crippen molar-refractivity contribution in [3.05, 3.63) is 66.7 Å². The summed E-state index contributed by atoms with van der Waals surface area (Å²) < 4.78 is 122. The van der Waals surface area contributed by atoms with Crippen LogP contribution in [0.1, 0.15) is 25.3 Å². The predicted octanol–water partition coefficient (Wildman–Crippen LogP) is 8.56. The van der Waals surface area contributed by atoms with Crippen molar-refractivity contribution in [2.45, 2.75) is 49.9 Å². The number of fused-ring (bicyclic) bond motifs is 1. The Morgan fingerprint density at radius 3 is 2.13 bits per heavy atom. The molecule has 3 nitrogen and oxygen atoms in total. The standard InChI is InChI=1S/C27H24F8O3S/c1-3-17-7-5-6-8-20(17)22-15-18-9-10-19(16-21(18)39-22)37-13-11-24(28,29)26(32,33)27(34,35)25(30,31)12-14-38-23(36)4-2/h4-10,15-16H,2-3,11-14H2,1H3. The lowest BCUT2D eigenvalue weighted by Crippen LogP contribution is -2.62. The Balaban J connectivity index is 1.69.